The summed E-state index contributed by atoms with van der Waals surface area (Å²) in [4.78, 5) is 5.10. The SMILES string of the molecule is Cc1ncc(C(F)(F)C(F)(F)F)[nH]1. The van der Waals surface area contributed by atoms with E-state index in [1.54, 1.807) is 0 Å². The number of halogens is 5. The van der Waals surface area contributed by atoms with Gasteiger partial charge in [-0.3, -0.25) is 0 Å². The minimum Gasteiger partial charge on any atom is -0.341 e. The van der Waals surface area contributed by atoms with Crippen molar-refractivity contribution in [2.45, 2.75) is 19.0 Å². The van der Waals surface area contributed by atoms with Crippen LogP contribution in [0.5, 0.6) is 0 Å². The first-order valence-electron chi connectivity index (χ1n) is 3.22. The van der Waals surface area contributed by atoms with Gasteiger partial charge in [-0.05, 0) is 6.92 Å². The van der Waals surface area contributed by atoms with Gasteiger partial charge in [0, 0.05) is 0 Å². The number of H-pyrrole nitrogens is 1. The Morgan fingerprint density at radius 3 is 2.08 bits per heavy atom. The van der Waals surface area contributed by atoms with Gasteiger partial charge in [-0.25, -0.2) is 4.98 Å². The third-order valence-electron chi connectivity index (χ3n) is 1.40. The Morgan fingerprint density at radius 2 is 1.77 bits per heavy atom. The second-order valence-electron chi connectivity index (χ2n) is 2.45. The molecule has 0 bridgehead atoms. The molecule has 0 radical (unpaired) electrons. The number of aryl methyl sites for hydroxylation is 1. The second kappa shape index (κ2) is 2.68. The molecule has 2 nitrogen and oxygen atoms in total. The van der Waals surface area contributed by atoms with Crippen molar-refractivity contribution in [2.24, 2.45) is 0 Å². The monoisotopic (exact) mass is 200 g/mol. The Bertz CT molecular complexity index is 300. The molecule has 74 valence electrons. The predicted molar refractivity (Wildman–Crippen MR) is 33.3 cm³/mol. The summed E-state index contributed by atoms with van der Waals surface area (Å²) >= 11 is 0. The summed E-state index contributed by atoms with van der Waals surface area (Å²) < 4.78 is 60.2. The summed E-state index contributed by atoms with van der Waals surface area (Å²) in [6, 6.07) is 0. The fourth-order valence-corrected chi connectivity index (χ4v) is 0.733. The molecule has 1 aromatic heterocycles. The molecule has 0 aromatic carbocycles. The highest BCUT2D eigenvalue weighted by Gasteiger charge is 2.59. The van der Waals surface area contributed by atoms with Crippen LogP contribution in [0.1, 0.15) is 11.5 Å². The Morgan fingerprint density at radius 1 is 1.23 bits per heavy atom. The van der Waals surface area contributed by atoms with Gasteiger partial charge >= 0.3 is 12.1 Å². The summed E-state index contributed by atoms with van der Waals surface area (Å²) in [5.41, 5.74) is -1.24. The zero-order valence-corrected chi connectivity index (χ0v) is 6.41. The number of nitrogens with one attached hydrogen (secondary N) is 1. The van der Waals surface area contributed by atoms with Crippen LogP contribution in [0.15, 0.2) is 6.20 Å². The number of imidazole rings is 1. The molecule has 0 aliphatic rings. The number of alkyl halides is 5. The average molecular weight is 200 g/mol. The number of hydrogen-bond donors (Lipinski definition) is 1. The molecule has 0 aliphatic heterocycles. The maximum atomic E-state index is 12.5. The molecule has 7 heteroatoms. The van der Waals surface area contributed by atoms with Gasteiger partial charge < -0.3 is 4.98 Å². The van der Waals surface area contributed by atoms with Crippen molar-refractivity contribution >= 4 is 0 Å². The summed E-state index contributed by atoms with van der Waals surface area (Å²) in [5, 5.41) is 0. The largest absolute Gasteiger partial charge is 0.459 e. The number of aromatic nitrogens is 2. The number of rotatable bonds is 1. The topological polar surface area (TPSA) is 28.7 Å². The van der Waals surface area contributed by atoms with Gasteiger partial charge in [-0.2, -0.15) is 22.0 Å². The minimum absolute atomic E-state index is 0.0129. The van der Waals surface area contributed by atoms with E-state index in [1.807, 2.05) is 4.98 Å². The molecule has 1 rings (SSSR count). The standard InChI is InChI=1S/C6H5F5N2/c1-3-12-2-4(13-3)5(7,8)6(9,10)11/h2H,1H3,(H,12,13). The summed E-state index contributed by atoms with van der Waals surface area (Å²) in [6.45, 7) is 1.29. The van der Waals surface area contributed by atoms with E-state index in [4.69, 9.17) is 0 Å². The molecule has 0 saturated heterocycles. The molecule has 0 amide bonds. The lowest BCUT2D eigenvalue weighted by molar-refractivity contribution is -0.290. The fourth-order valence-electron chi connectivity index (χ4n) is 0.733. The zero-order chi connectivity index (χ0) is 10.3. The van der Waals surface area contributed by atoms with Crippen molar-refractivity contribution in [1.82, 2.24) is 9.97 Å². The fraction of sp³-hybridized carbons (Fsp3) is 0.500. The third kappa shape index (κ3) is 1.63. The lowest BCUT2D eigenvalue weighted by atomic mass is 10.2. The zero-order valence-electron chi connectivity index (χ0n) is 6.41. The molecule has 0 saturated carbocycles. The number of hydrogen-bond acceptors (Lipinski definition) is 1. The van der Waals surface area contributed by atoms with Crippen LogP contribution in [0.25, 0.3) is 0 Å². The molecule has 0 spiro atoms. The molecular weight excluding hydrogens is 195 g/mol. The van der Waals surface area contributed by atoms with Crippen LogP contribution in [-0.4, -0.2) is 16.1 Å². The molecule has 1 N–H and O–H groups in total. The molecule has 0 atom stereocenters. The van der Waals surface area contributed by atoms with Gasteiger partial charge in [0.25, 0.3) is 0 Å². The smallest absolute Gasteiger partial charge is 0.341 e. The molecule has 0 aliphatic carbocycles. The van der Waals surface area contributed by atoms with E-state index in [0.717, 1.165) is 0 Å². The van der Waals surface area contributed by atoms with Crippen LogP contribution >= 0.6 is 0 Å². The highest BCUT2D eigenvalue weighted by atomic mass is 19.4. The molecular formula is C6H5F5N2. The van der Waals surface area contributed by atoms with Gasteiger partial charge in [0.15, 0.2) is 0 Å². The maximum Gasteiger partial charge on any atom is 0.459 e. The lowest BCUT2D eigenvalue weighted by Gasteiger charge is -2.17. The summed E-state index contributed by atoms with van der Waals surface area (Å²) in [7, 11) is 0. The van der Waals surface area contributed by atoms with Crippen molar-refractivity contribution in [3.63, 3.8) is 0 Å². The summed E-state index contributed by atoms with van der Waals surface area (Å²) in [5.74, 6) is -4.85. The van der Waals surface area contributed by atoms with Gasteiger partial charge in [0.05, 0.1) is 6.20 Å². The van der Waals surface area contributed by atoms with Crippen molar-refractivity contribution in [3.8, 4) is 0 Å². The second-order valence-corrected chi connectivity index (χ2v) is 2.45. The Hall–Kier alpha value is -1.14. The summed E-state index contributed by atoms with van der Waals surface area (Å²) in [6.07, 6.45) is -5.12. The van der Waals surface area contributed by atoms with E-state index < -0.39 is 17.8 Å². The Balaban J connectivity index is 3.07. The van der Waals surface area contributed by atoms with Crippen LogP contribution in [0.2, 0.25) is 0 Å². The van der Waals surface area contributed by atoms with Gasteiger partial charge in [0.2, 0.25) is 0 Å². The van der Waals surface area contributed by atoms with E-state index in [2.05, 4.69) is 4.98 Å². The minimum atomic E-state index is -5.59. The van der Waals surface area contributed by atoms with Crippen molar-refractivity contribution in [1.29, 1.82) is 0 Å². The van der Waals surface area contributed by atoms with Gasteiger partial charge in [-0.15, -0.1) is 0 Å². The van der Waals surface area contributed by atoms with E-state index in [1.165, 1.54) is 6.92 Å². The van der Waals surface area contributed by atoms with E-state index in [-0.39, 0.29) is 5.82 Å². The number of nitrogens with zero attached hydrogens (tertiary/aromatic N) is 1. The Labute approximate surface area is 69.8 Å². The Kier molecular flexibility index (Phi) is 2.05. The quantitative estimate of drug-likeness (QED) is 0.692. The van der Waals surface area contributed by atoms with Crippen LogP contribution < -0.4 is 0 Å². The third-order valence-corrected chi connectivity index (χ3v) is 1.40. The van der Waals surface area contributed by atoms with E-state index in [9.17, 15) is 22.0 Å². The molecule has 0 unspecified atom stereocenters. The first-order valence-corrected chi connectivity index (χ1v) is 3.22. The molecule has 1 heterocycles. The van der Waals surface area contributed by atoms with Gasteiger partial charge in [-0.1, -0.05) is 0 Å². The van der Waals surface area contributed by atoms with Gasteiger partial charge in [0.1, 0.15) is 11.5 Å². The van der Waals surface area contributed by atoms with Crippen molar-refractivity contribution in [3.05, 3.63) is 17.7 Å². The average Bonchev–Trinajstić information content (AvgIpc) is 2.33. The van der Waals surface area contributed by atoms with Crippen molar-refractivity contribution in [2.75, 3.05) is 0 Å². The van der Waals surface area contributed by atoms with Crippen LogP contribution in [0.3, 0.4) is 0 Å². The van der Waals surface area contributed by atoms with Crippen LogP contribution in [0, 0.1) is 6.92 Å². The van der Waals surface area contributed by atoms with Crippen LogP contribution in [0.4, 0.5) is 22.0 Å². The molecule has 0 fully saturated rings. The predicted octanol–water partition coefficient (Wildman–Crippen LogP) is 2.37. The van der Waals surface area contributed by atoms with E-state index >= 15 is 0 Å². The van der Waals surface area contributed by atoms with E-state index in [0.29, 0.717) is 6.20 Å². The highest BCUT2D eigenvalue weighted by Crippen LogP contribution is 2.42. The molecule has 13 heavy (non-hydrogen) atoms. The lowest BCUT2D eigenvalue weighted by Crippen LogP contribution is -2.33. The van der Waals surface area contributed by atoms with Crippen LogP contribution in [-0.2, 0) is 5.92 Å². The first kappa shape index (κ1) is 9.94. The maximum absolute atomic E-state index is 12.5. The number of aromatic amines is 1. The molecule has 1 aromatic rings. The normalized spacial score (nSPS) is 13.4. The highest BCUT2D eigenvalue weighted by molar-refractivity contribution is 5.09. The first-order chi connectivity index (χ1) is 5.75. The van der Waals surface area contributed by atoms with Crippen molar-refractivity contribution < 1.29 is 22.0 Å².